The Hall–Kier alpha value is -0.370. The Morgan fingerprint density at radius 3 is 3.12 bits per heavy atom. The zero-order valence-corrected chi connectivity index (χ0v) is 5.42. The fourth-order valence-corrected chi connectivity index (χ4v) is 0.620. The number of benzene rings is 1. The second kappa shape index (κ2) is 2.27. The van der Waals surface area contributed by atoms with E-state index < -0.39 is 17.9 Å². The lowest BCUT2D eigenvalue weighted by Crippen LogP contribution is -1.68. The highest BCUT2D eigenvalue weighted by atomic mass is 79.9. The van der Waals surface area contributed by atoms with Crippen LogP contribution >= 0.6 is 15.9 Å². The van der Waals surface area contributed by atoms with E-state index in [-0.39, 0.29) is 10.5 Å². The van der Waals surface area contributed by atoms with Gasteiger partial charge in [0, 0.05) is 4.47 Å². The molecule has 42 valence electrons. The van der Waals surface area contributed by atoms with Crippen molar-refractivity contribution in [3.63, 3.8) is 0 Å². The van der Waals surface area contributed by atoms with E-state index in [2.05, 4.69) is 15.9 Å². The highest BCUT2D eigenvalue weighted by Gasteiger charge is 1.86. The maximum atomic E-state index is 12.7. The van der Waals surface area contributed by atoms with Gasteiger partial charge in [0.15, 0.2) is 0 Å². The Balaban J connectivity index is 3.46. The van der Waals surface area contributed by atoms with Crippen molar-refractivity contribution < 1.29 is 8.50 Å². The van der Waals surface area contributed by atoms with E-state index in [1.165, 1.54) is 0 Å². The lowest BCUT2D eigenvalue weighted by atomic mass is 10.4. The summed E-state index contributed by atoms with van der Waals surface area (Å²) >= 11 is 2.87. The minimum Gasteiger partial charge on any atom is -0.207 e. The first-order chi connectivity index (χ1) is 5.04. The van der Waals surface area contributed by atoms with E-state index in [0.717, 1.165) is 6.07 Å². The van der Waals surface area contributed by atoms with E-state index in [4.69, 9.17) is 4.11 Å². The van der Waals surface area contributed by atoms with Gasteiger partial charge in [-0.25, -0.2) is 4.39 Å². The summed E-state index contributed by atoms with van der Waals surface area (Å²) < 4.78 is 33.9. The van der Waals surface area contributed by atoms with E-state index >= 15 is 0 Å². The van der Waals surface area contributed by atoms with Gasteiger partial charge in [-0.1, -0.05) is 22.0 Å². The molecule has 0 N–H and O–H groups in total. The van der Waals surface area contributed by atoms with Crippen molar-refractivity contribution in [3.8, 4) is 0 Å². The van der Waals surface area contributed by atoms with Crippen LogP contribution in [-0.2, 0) is 0 Å². The van der Waals surface area contributed by atoms with Gasteiger partial charge in [0.25, 0.3) is 0 Å². The fourth-order valence-electron chi connectivity index (χ4n) is 0.331. The van der Waals surface area contributed by atoms with Crippen LogP contribution in [0.15, 0.2) is 28.7 Å². The molecule has 0 aliphatic carbocycles. The summed E-state index contributed by atoms with van der Waals surface area (Å²) in [5, 5.41) is 0. The van der Waals surface area contributed by atoms with Crippen LogP contribution < -0.4 is 0 Å². The van der Waals surface area contributed by atoms with Crippen molar-refractivity contribution in [2.45, 2.75) is 0 Å². The van der Waals surface area contributed by atoms with Crippen LogP contribution in [-0.4, -0.2) is 0 Å². The van der Waals surface area contributed by atoms with Crippen LogP contribution in [0.5, 0.6) is 0 Å². The first-order valence-corrected chi connectivity index (χ1v) is 2.75. The van der Waals surface area contributed by atoms with Gasteiger partial charge in [0.1, 0.15) is 5.82 Å². The van der Waals surface area contributed by atoms with Crippen LogP contribution in [0.1, 0.15) is 4.11 Å². The lowest BCUT2D eigenvalue weighted by molar-refractivity contribution is 0.627. The molecule has 1 rings (SSSR count). The second-order valence-corrected chi connectivity index (χ2v) is 1.98. The topological polar surface area (TPSA) is 0 Å². The fraction of sp³-hybridized carbons (Fsp3) is 0. The molecular weight excluding hydrogens is 171 g/mol. The summed E-state index contributed by atoms with van der Waals surface area (Å²) in [5.41, 5.74) is 0. The molecule has 0 amide bonds. The maximum Gasteiger partial charge on any atom is 0.124 e. The molecule has 0 aliphatic rings. The predicted octanol–water partition coefficient (Wildman–Crippen LogP) is 2.59. The lowest BCUT2D eigenvalue weighted by Gasteiger charge is -1.85. The van der Waals surface area contributed by atoms with Crippen LogP contribution in [0.3, 0.4) is 0 Å². The molecule has 0 aromatic heterocycles. The third-order valence-electron chi connectivity index (χ3n) is 0.617. The molecule has 0 bridgehead atoms. The molecule has 0 unspecified atom stereocenters. The summed E-state index contributed by atoms with van der Waals surface area (Å²) in [7, 11) is 0. The molecule has 0 heterocycles. The largest absolute Gasteiger partial charge is 0.207 e. The summed E-state index contributed by atoms with van der Waals surface area (Å²) in [6, 6.07) is 0.171. The predicted molar refractivity (Wildman–Crippen MR) is 34.1 cm³/mol. The van der Waals surface area contributed by atoms with Crippen LogP contribution in [0, 0.1) is 5.82 Å². The van der Waals surface area contributed by atoms with Crippen molar-refractivity contribution in [2.75, 3.05) is 0 Å². The van der Waals surface area contributed by atoms with Gasteiger partial charge in [-0.05, 0) is 18.1 Å². The summed E-state index contributed by atoms with van der Waals surface area (Å²) in [6.45, 7) is 0. The van der Waals surface area contributed by atoms with Gasteiger partial charge in [-0.3, -0.25) is 0 Å². The van der Waals surface area contributed by atoms with Crippen molar-refractivity contribution >= 4 is 15.9 Å². The number of hydrogen-bond donors (Lipinski definition) is 0. The van der Waals surface area contributed by atoms with Gasteiger partial charge in [-0.2, -0.15) is 0 Å². The molecule has 0 radical (unpaired) electrons. The second-order valence-electron chi connectivity index (χ2n) is 1.19. The monoisotopic (exact) mass is 177 g/mol. The SMILES string of the molecule is [2H]c1cc([2H])c(Br)c([2H])c1F. The van der Waals surface area contributed by atoms with Crippen molar-refractivity contribution in [3.05, 3.63) is 34.5 Å². The van der Waals surface area contributed by atoms with Crippen molar-refractivity contribution in [1.82, 2.24) is 0 Å². The first kappa shape index (κ1) is 2.97. The minimum atomic E-state index is -0.895. The average Bonchev–Trinajstić information content (AvgIpc) is 1.97. The van der Waals surface area contributed by atoms with Crippen molar-refractivity contribution in [2.24, 2.45) is 0 Å². The Kier molecular flexibility index (Phi) is 0.841. The van der Waals surface area contributed by atoms with Gasteiger partial charge < -0.3 is 0 Å². The Morgan fingerprint density at radius 2 is 2.38 bits per heavy atom. The van der Waals surface area contributed by atoms with Gasteiger partial charge in [0.2, 0.25) is 0 Å². The van der Waals surface area contributed by atoms with E-state index in [1.807, 2.05) is 0 Å². The quantitative estimate of drug-likeness (QED) is 0.572. The molecule has 0 aliphatic heterocycles. The Labute approximate surface area is 59.7 Å². The summed E-state index contributed by atoms with van der Waals surface area (Å²) in [6.07, 6.45) is 0. The normalized spacial score (nSPS) is 14.5. The zero-order valence-electron chi connectivity index (χ0n) is 6.83. The van der Waals surface area contributed by atoms with E-state index in [1.54, 1.807) is 0 Å². The third-order valence-corrected chi connectivity index (χ3v) is 1.04. The molecule has 1 aromatic carbocycles. The zero-order chi connectivity index (χ0) is 8.59. The van der Waals surface area contributed by atoms with Crippen LogP contribution in [0.2, 0.25) is 0 Å². The molecule has 0 spiro atoms. The van der Waals surface area contributed by atoms with Gasteiger partial charge >= 0.3 is 0 Å². The van der Waals surface area contributed by atoms with E-state index in [9.17, 15) is 4.39 Å². The molecular formula is C6H4BrF. The number of hydrogen-bond acceptors (Lipinski definition) is 0. The molecule has 1 aromatic rings. The molecule has 8 heavy (non-hydrogen) atoms. The molecule has 0 fully saturated rings. The summed E-state index contributed by atoms with van der Waals surface area (Å²) in [5.74, 6) is -0.895. The number of rotatable bonds is 0. The molecule has 2 heteroatoms. The highest BCUT2D eigenvalue weighted by molar-refractivity contribution is 9.10. The minimum absolute atomic E-state index is 0.0404. The highest BCUT2D eigenvalue weighted by Crippen LogP contribution is 2.09. The van der Waals surface area contributed by atoms with Gasteiger partial charge in [-0.15, -0.1) is 0 Å². The standard InChI is InChI=1S/C6H4BrF/c7-5-2-1-3-6(8)4-5/h1-4H/i2D,3D,4D. The molecule has 0 nitrogen and oxygen atoms in total. The average molecular weight is 178 g/mol. The first-order valence-electron chi connectivity index (χ1n) is 3.46. The third kappa shape index (κ3) is 1.30. The van der Waals surface area contributed by atoms with Crippen LogP contribution in [0.4, 0.5) is 4.39 Å². The van der Waals surface area contributed by atoms with E-state index in [0.29, 0.717) is 0 Å². The maximum absolute atomic E-state index is 12.7. The van der Waals surface area contributed by atoms with Crippen molar-refractivity contribution in [1.29, 1.82) is 0 Å². The molecule has 0 saturated heterocycles. The number of halogens is 2. The smallest absolute Gasteiger partial charge is 0.124 e. The Bertz CT molecular complexity index is 274. The summed E-state index contributed by atoms with van der Waals surface area (Å²) in [4.78, 5) is 0. The van der Waals surface area contributed by atoms with Crippen LogP contribution in [0.25, 0.3) is 0 Å². The molecule has 0 saturated carbocycles. The van der Waals surface area contributed by atoms with Gasteiger partial charge in [0.05, 0.1) is 4.11 Å². The Morgan fingerprint density at radius 1 is 1.62 bits per heavy atom. The molecule has 0 atom stereocenters.